The number of ether oxygens (including phenoxy) is 1. The summed E-state index contributed by atoms with van der Waals surface area (Å²) in [4.78, 5) is 13.5. The van der Waals surface area contributed by atoms with Crippen molar-refractivity contribution in [1.29, 1.82) is 0 Å². The number of carbonyl (C=O) groups is 1. The summed E-state index contributed by atoms with van der Waals surface area (Å²) in [6.07, 6.45) is 2.36. The summed E-state index contributed by atoms with van der Waals surface area (Å²) in [7, 11) is 0. The Morgan fingerprint density at radius 2 is 1.78 bits per heavy atom. The van der Waals surface area contributed by atoms with Gasteiger partial charge in [-0.05, 0) is 61.7 Å². The van der Waals surface area contributed by atoms with E-state index in [9.17, 15) is 4.79 Å². The molecule has 4 nitrogen and oxygen atoms in total. The van der Waals surface area contributed by atoms with Gasteiger partial charge >= 0.3 is 5.97 Å². The van der Waals surface area contributed by atoms with Gasteiger partial charge in [0.2, 0.25) is 0 Å². The van der Waals surface area contributed by atoms with Gasteiger partial charge in [0, 0.05) is 19.1 Å². The number of likely N-dealkylation sites (tertiary alicyclic amines) is 1. The molecule has 1 N–H and O–H groups in total. The van der Waals surface area contributed by atoms with Crippen molar-refractivity contribution in [2.45, 2.75) is 38.8 Å². The quantitative estimate of drug-likeness (QED) is 0.933. The molecule has 1 fully saturated rings. The van der Waals surface area contributed by atoms with E-state index in [1.54, 1.807) is 12.1 Å². The van der Waals surface area contributed by atoms with Crippen LogP contribution in [0.5, 0.6) is 5.75 Å². The number of carboxylic acids is 1. The summed E-state index contributed by atoms with van der Waals surface area (Å²) < 4.78 is 6.13. The Kier molecular flexibility index (Phi) is 4.53. The van der Waals surface area contributed by atoms with Crippen LogP contribution in [0.4, 0.5) is 0 Å². The van der Waals surface area contributed by atoms with E-state index >= 15 is 0 Å². The molecule has 1 aliphatic rings. The highest BCUT2D eigenvalue weighted by Crippen LogP contribution is 2.25. The van der Waals surface area contributed by atoms with E-state index in [0.29, 0.717) is 11.6 Å². The topological polar surface area (TPSA) is 49.8 Å². The van der Waals surface area contributed by atoms with Gasteiger partial charge in [-0.3, -0.25) is 0 Å². The average Bonchev–Trinajstić information content (AvgIpc) is 2.54. The van der Waals surface area contributed by atoms with Crippen molar-refractivity contribution in [3.8, 4) is 5.75 Å². The van der Waals surface area contributed by atoms with Crippen LogP contribution in [-0.4, -0.2) is 41.2 Å². The molecule has 1 saturated heterocycles. The predicted molar refractivity (Wildman–Crippen MR) is 91.3 cm³/mol. The van der Waals surface area contributed by atoms with Crippen molar-refractivity contribution < 1.29 is 14.6 Å². The molecule has 0 atom stereocenters. The fourth-order valence-corrected chi connectivity index (χ4v) is 3.13. The second-order valence-corrected chi connectivity index (χ2v) is 6.48. The second kappa shape index (κ2) is 6.59. The van der Waals surface area contributed by atoms with Crippen LogP contribution >= 0.6 is 0 Å². The largest absolute Gasteiger partial charge is 0.490 e. The van der Waals surface area contributed by atoms with Gasteiger partial charge < -0.3 is 14.7 Å². The number of nitrogens with zero attached hydrogens (tertiary/aromatic N) is 1. The van der Waals surface area contributed by atoms with E-state index in [4.69, 9.17) is 9.84 Å². The Hall–Kier alpha value is -2.07. The highest BCUT2D eigenvalue weighted by atomic mass is 16.5. The van der Waals surface area contributed by atoms with E-state index in [2.05, 4.69) is 18.7 Å². The van der Waals surface area contributed by atoms with Crippen LogP contribution in [-0.2, 0) is 0 Å². The fourth-order valence-electron chi connectivity index (χ4n) is 3.13. The lowest BCUT2D eigenvalue weighted by molar-refractivity contribution is 0.0697. The molecular weight excluding hydrogens is 290 g/mol. The molecular formula is C19H23NO3. The zero-order valence-corrected chi connectivity index (χ0v) is 13.7. The number of hydrogen-bond acceptors (Lipinski definition) is 3. The molecule has 2 aromatic rings. The van der Waals surface area contributed by atoms with Gasteiger partial charge in [0.05, 0.1) is 5.56 Å². The van der Waals surface area contributed by atoms with Crippen molar-refractivity contribution in [2.75, 3.05) is 13.1 Å². The lowest BCUT2D eigenvalue weighted by Gasteiger charge is -2.34. The molecule has 0 aromatic heterocycles. The SMILES string of the molecule is CC(C)N1CCC(Oc2ccc3cc(C(=O)O)ccc3c2)CC1. The normalized spacial score (nSPS) is 16.8. The number of carboxylic acid groups (broad SMARTS) is 1. The Balaban J connectivity index is 1.69. The van der Waals surface area contributed by atoms with E-state index in [0.717, 1.165) is 42.5 Å². The molecule has 0 unspecified atom stereocenters. The third-order valence-corrected chi connectivity index (χ3v) is 4.57. The molecule has 0 bridgehead atoms. The Labute approximate surface area is 136 Å². The maximum absolute atomic E-state index is 11.0. The minimum atomic E-state index is -0.899. The fraction of sp³-hybridized carbons (Fsp3) is 0.421. The average molecular weight is 313 g/mol. The van der Waals surface area contributed by atoms with Gasteiger partial charge in [-0.25, -0.2) is 4.79 Å². The smallest absolute Gasteiger partial charge is 0.335 e. The molecule has 0 amide bonds. The minimum Gasteiger partial charge on any atom is -0.490 e. The first-order valence-corrected chi connectivity index (χ1v) is 8.21. The van der Waals surface area contributed by atoms with Crippen LogP contribution in [0.25, 0.3) is 10.8 Å². The summed E-state index contributed by atoms with van der Waals surface area (Å²) in [5, 5.41) is 11.0. The highest BCUT2D eigenvalue weighted by molar-refractivity contribution is 5.94. The van der Waals surface area contributed by atoms with Gasteiger partial charge in [0.1, 0.15) is 11.9 Å². The summed E-state index contributed by atoms with van der Waals surface area (Å²) >= 11 is 0. The van der Waals surface area contributed by atoms with E-state index in [1.165, 1.54) is 0 Å². The summed E-state index contributed by atoms with van der Waals surface area (Å²) in [6, 6.07) is 11.6. The van der Waals surface area contributed by atoms with Crippen LogP contribution in [0.15, 0.2) is 36.4 Å². The van der Waals surface area contributed by atoms with E-state index in [1.807, 2.05) is 24.3 Å². The van der Waals surface area contributed by atoms with Gasteiger partial charge in [-0.15, -0.1) is 0 Å². The highest BCUT2D eigenvalue weighted by Gasteiger charge is 2.22. The van der Waals surface area contributed by atoms with Crippen molar-refractivity contribution in [2.24, 2.45) is 0 Å². The third-order valence-electron chi connectivity index (χ3n) is 4.57. The zero-order valence-electron chi connectivity index (χ0n) is 13.7. The Morgan fingerprint density at radius 3 is 2.43 bits per heavy atom. The van der Waals surface area contributed by atoms with E-state index in [-0.39, 0.29) is 6.10 Å². The van der Waals surface area contributed by atoms with Crippen LogP contribution in [0, 0.1) is 0 Å². The Morgan fingerprint density at radius 1 is 1.13 bits per heavy atom. The first-order chi connectivity index (χ1) is 11.0. The lowest BCUT2D eigenvalue weighted by Crippen LogP contribution is -2.41. The molecule has 1 aliphatic heterocycles. The summed E-state index contributed by atoms with van der Waals surface area (Å²) in [5.74, 6) is -0.0345. The molecule has 4 heteroatoms. The van der Waals surface area contributed by atoms with Gasteiger partial charge in [0.25, 0.3) is 0 Å². The summed E-state index contributed by atoms with van der Waals surface area (Å²) in [5.41, 5.74) is 0.312. The van der Waals surface area contributed by atoms with Gasteiger partial charge in [-0.2, -0.15) is 0 Å². The molecule has 1 heterocycles. The van der Waals surface area contributed by atoms with Crippen molar-refractivity contribution >= 4 is 16.7 Å². The molecule has 0 radical (unpaired) electrons. The molecule has 122 valence electrons. The molecule has 0 aliphatic carbocycles. The number of rotatable bonds is 4. The van der Waals surface area contributed by atoms with E-state index < -0.39 is 5.97 Å². The number of benzene rings is 2. The Bertz CT molecular complexity index is 703. The molecule has 0 saturated carbocycles. The predicted octanol–water partition coefficient (Wildman–Crippen LogP) is 3.79. The summed E-state index contributed by atoms with van der Waals surface area (Å²) in [6.45, 7) is 6.63. The number of piperidine rings is 1. The lowest BCUT2D eigenvalue weighted by atomic mass is 10.1. The van der Waals surface area contributed by atoms with Crippen molar-refractivity contribution in [3.63, 3.8) is 0 Å². The van der Waals surface area contributed by atoms with Gasteiger partial charge in [0.15, 0.2) is 0 Å². The number of hydrogen-bond donors (Lipinski definition) is 1. The van der Waals surface area contributed by atoms with Crippen molar-refractivity contribution in [3.05, 3.63) is 42.0 Å². The molecule has 0 spiro atoms. The van der Waals surface area contributed by atoms with Crippen LogP contribution in [0.1, 0.15) is 37.0 Å². The van der Waals surface area contributed by atoms with Crippen LogP contribution in [0.3, 0.4) is 0 Å². The molecule has 23 heavy (non-hydrogen) atoms. The first kappa shape index (κ1) is 15.8. The zero-order chi connectivity index (χ0) is 16.4. The third kappa shape index (κ3) is 3.64. The van der Waals surface area contributed by atoms with Crippen LogP contribution in [0.2, 0.25) is 0 Å². The van der Waals surface area contributed by atoms with Gasteiger partial charge in [-0.1, -0.05) is 12.1 Å². The molecule has 2 aromatic carbocycles. The first-order valence-electron chi connectivity index (χ1n) is 8.21. The second-order valence-electron chi connectivity index (χ2n) is 6.48. The standard InChI is InChI=1S/C19H23NO3/c1-13(2)20-9-7-17(8-10-20)23-18-6-5-14-11-16(19(21)22)4-3-15(14)12-18/h3-6,11-13,17H,7-10H2,1-2H3,(H,21,22). The maximum atomic E-state index is 11.0. The minimum absolute atomic E-state index is 0.265. The van der Waals surface area contributed by atoms with Crippen LogP contribution < -0.4 is 4.74 Å². The monoisotopic (exact) mass is 313 g/mol. The molecule has 3 rings (SSSR count). The maximum Gasteiger partial charge on any atom is 0.335 e. The van der Waals surface area contributed by atoms with Crippen molar-refractivity contribution in [1.82, 2.24) is 4.90 Å². The number of aromatic carboxylic acids is 1. The number of fused-ring (bicyclic) bond motifs is 1.